The number of hydrogen-bond donors (Lipinski definition) is 2. The number of nitrogens with one attached hydrogen (secondary N) is 2. The van der Waals surface area contributed by atoms with Crippen LogP contribution in [0, 0.1) is 11.6 Å². The fourth-order valence-corrected chi connectivity index (χ4v) is 2.27. The molecule has 0 spiro atoms. The van der Waals surface area contributed by atoms with Crippen molar-refractivity contribution in [1.29, 1.82) is 0 Å². The van der Waals surface area contributed by atoms with Gasteiger partial charge in [-0.05, 0) is 37.6 Å². The quantitative estimate of drug-likeness (QED) is 0.667. The van der Waals surface area contributed by atoms with Crippen LogP contribution in [0.2, 0.25) is 0 Å². The highest BCUT2D eigenvalue weighted by Crippen LogP contribution is 2.24. The van der Waals surface area contributed by atoms with Gasteiger partial charge in [0.2, 0.25) is 5.95 Å². The molecule has 0 fully saturated rings. The van der Waals surface area contributed by atoms with E-state index in [0.717, 1.165) is 12.5 Å². The van der Waals surface area contributed by atoms with E-state index in [4.69, 9.17) is 0 Å². The molecule has 0 saturated carbocycles. The molecule has 5 nitrogen and oxygen atoms in total. The van der Waals surface area contributed by atoms with Crippen molar-refractivity contribution in [1.82, 2.24) is 15.0 Å². The van der Waals surface area contributed by atoms with Crippen LogP contribution in [0.25, 0.3) is 11.4 Å². The van der Waals surface area contributed by atoms with Crippen molar-refractivity contribution in [3.63, 3.8) is 0 Å². The zero-order chi connectivity index (χ0) is 18.5. The molecule has 3 aromatic rings. The molecule has 3 rings (SSSR count). The summed E-state index contributed by atoms with van der Waals surface area (Å²) in [4.78, 5) is 13.2. The number of anilines is 3. The Morgan fingerprint density at radius 2 is 1.88 bits per heavy atom. The molecule has 1 atom stereocenters. The van der Waals surface area contributed by atoms with E-state index in [1.165, 1.54) is 12.1 Å². The van der Waals surface area contributed by atoms with E-state index >= 15 is 0 Å². The molecule has 0 bridgehead atoms. The third-order valence-corrected chi connectivity index (χ3v) is 3.84. The van der Waals surface area contributed by atoms with Gasteiger partial charge in [0.15, 0.2) is 0 Å². The van der Waals surface area contributed by atoms with Gasteiger partial charge >= 0.3 is 0 Å². The summed E-state index contributed by atoms with van der Waals surface area (Å²) >= 11 is 0. The Bertz CT molecular complexity index is 886. The van der Waals surface area contributed by atoms with Gasteiger partial charge in [-0.15, -0.1) is 0 Å². The monoisotopic (exact) mass is 355 g/mol. The van der Waals surface area contributed by atoms with Gasteiger partial charge in [-0.1, -0.05) is 13.0 Å². The Hall–Kier alpha value is -3.09. The summed E-state index contributed by atoms with van der Waals surface area (Å²) in [6.45, 7) is 4.07. The van der Waals surface area contributed by atoms with Crippen LogP contribution in [-0.4, -0.2) is 21.0 Å². The highest BCUT2D eigenvalue weighted by molar-refractivity contribution is 5.65. The molecule has 2 heterocycles. The van der Waals surface area contributed by atoms with E-state index in [2.05, 4.69) is 25.6 Å². The maximum Gasteiger partial charge on any atom is 0.225 e. The van der Waals surface area contributed by atoms with E-state index in [9.17, 15) is 8.78 Å². The second-order valence-electron chi connectivity index (χ2n) is 5.88. The fourth-order valence-electron chi connectivity index (χ4n) is 2.27. The van der Waals surface area contributed by atoms with E-state index in [1.54, 1.807) is 12.3 Å². The Morgan fingerprint density at radius 3 is 2.58 bits per heavy atom. The molecular weight excluding hydrogens is 336 g/mol. The average molecular weight is 355 g/mol. The number of pyridine rings is 1. The Kier molecular flexibility index (Phi) is 5.36. The normalized spacial score (nSPS) is 11.8. The second kappa shape index (κ2) is 7.86. The number of hydrogen-bond acceptors (Lipinski definition) is 5. The van der Waals surface area contributed by atoms with Crippen molar-refractivity contribution in [3.8, 4) is 11.4 Å². The molecule has 0 aliphatic carbocycles. The van der Waals surface area contributed by atoms with Gasteiger partial charge in [-0.3, -0.25) is 4.98 Å². The molecule has 2 N–H and O–H groups in total. The molecule has 26 heavy (non-hydrogen) atoms. The summed E-state index contributed by atoms with van der Waals surface area (Å²) in [7, 11) is 0. The van der Waals surface area contributed by atoms with Gasteiger partial charge in [0.05, 0.1) is 17.1 Å². The van der Waals surface area contributed by atoms with Gasteiger partial charge < -0.3 is 10.6 Å². The zero-order valence-electron chi connectivity index (χ0n) is 14.5. The van der Waals surface area contributed by atoms with E-state index in [-0.39, 0.29) is 11.7 Å². The first kappa shape index (κ1) is 17.7. The minimum Gasteiger partial charge on any atom is -0.352 e. The lowest BCUT2D eigenvalue weighted by Crippen LogP contribution is -2.16. The van der Waals surface area contributed by atoms with Gasteiger partial charge in [-0.2, -0.15) is 4.98 Å². The van der Waals surface area contributed by atoms with Crippen LogP contribution in [0.15, 0.2) is 48.7 Å². The van der Waals surface area contributed by atoms with Crippen molar-refractivity contribution < 1.29 is 8.78 Å². The van der Waals surface area contributed by atoms with E-state index < -0.39 is 11.6 Å². The summed E-state index contributed by atoms with van der Waals surface area (Å²) in [5, 5.41) is 6.09. The molecule has 2 aromatic heterocycles. The SMILES string of the molecule is CC[C@@H](C)Nc1nc(Nc2ccc(F)cc2F)cc(-c2ccccn2)n1. The first-order valence-corrected chi connectivity index (χ1v) is 8.34. The van der Waals surface area contributed by atoms with Crippen molar-refractivity contribution in [2.45, 2.75) is 26.3 Å². The van der Waals surface area contributed by atoms with Crippen molar-refractivity contribution in [2.75, 3.05) is 10.6 Å². The summed E-state index contributed by atoms with van der Waals surface area (Å²) in [5.74, 6) is -0.534. The third kappa shape index (κ3) is 4.30. The summed E-state index contributed by atoms with van der Waals surface area (Å²) in [6.07, 6.45) is 2.57. The first-order valence-electron chi connectivity index (χ1n) is 8.34. The van der Waals surface area contributed by atoms with Crippen molar-refractivity contribution in [3.05, 3.63) is 60.3 Å². The highest BCUT2D eigenvalue weighted by atomic mass is 19.1. The van der Waals surface area contributed by atoms with Gasteiger partial charge in [-0.25, -0.2) is 13.8 Å². The fraction of sp³-hybridized carbons (Fsp3) is 0.211. The minimum atomic E-state index is -0.695. The summed E-state index contributed by atoms with van der Waals surface area (Å²) < 4.78 is 27.1. The predicted octanol–water partition coefficient (Wildman–Crippen LogP) is 4.77. The third-order valence-electron chi connectivity index (χ3n) is 3.84. The second-order valence-corrected chi connectivity index (χ2v) is 5.88. The first-order chi connectivity index (χ1) is 12.5. The minimum absolute atomic E-state index is 0.131. The Labute approximate surface area is 150 Å². The molecule has 0 amide bonds. The molecule has 1 aromatic carbocycles. The summed E-state index contributed by atoms with van der Waals surface area (Å²) in [5.41, 5.74) is 1.40. The van der Waals surface area contributed by atoms with Crippen molar-refractivity contribution in [2.24, 2.45) is 0 Å². The summed E-state index contributed by atoms with van der Waals surface area (Å²) in [6, 6.07) is 10.7. The molecule has 0 aliphatic heterocycles. The Morgan fingerprint density at radius 1 is 1.04 bits per heavy atom. The smallest absolute Gasteiger partial charge is 0.225 e. The highest BCUT2D eigenvalue weighted by Gasteiger charge is 2.11. The van der Waals surface area contributed by atoms with Gasteiger partial charge in [0, 0.05) is 24.4 Å². The maximum atomic E-state index is 14.0. The lowest BCUT2D eigenvalue weighted by Gasteiger charge is -2.14. The number of aromatic nitrogens is 3. The standard InChI is InChI=1S/C19H19F2N5/c1-3-12(2)23-19-25-17(16-6-4-5-9-22-16)11-18(26-19)24-15-8-7-13(20)10-14(15)21/h4-12H,3H2,1-2H3,(H2,23,24,25,26)/t12-/m1/s1. The molecule has 7 heteroatoms. The molecule has 0 aliphatic rings. The van der Waals surface area contributed by atoms with Crippen LogP contribution >= 0.6 is 0 Å². The van der Waals surface area contributed by atoms with Gasteiger partial charge in [0.25, 0.3) is 0 Å². The Balaban J connectivity index is 1.98. The van der Waals surface area contributed by atoms with Crippen LogP contribution in [0.1, 0.15) is 20.3 Å². The van der Waals surface area contributed by atoms with Crippen LogP contribution in [-0.2, 0) is 0 Å². The molecule has 0 saturated heterocycles. The van der Waals surface area contributed by atoms with Crippen LogP contribution in [0.4, 0.5) is 26.2 Å². The lowest BCUT2D eigenvalue weighted by atomic mass is 10.2. The zero-order valence-corrected chi connectivity index (χ0v) is 14.5. The van der Waals surface area contributed by atoms with Crippen molar-refractivity contribution >= 4 is 17.5 Å². The van der Waals surface area contributed by atoms with Crippen LogP contribution < -0.4 is 10.6 Å². The molecule has 134 valence electrons. The van der Waals surface area contributed by atoms with Crippen LogP contribution in [0.5, 0.6) is 0 Å². The van der Waals surface area contributed by atoms with E-state index in [1.807, 2.05) is 32.0 Å². The number of benzene rings is 1. The average Bonchev–Trinajstić information content (AvgIpc) is 2.64. The maximum absolute atomic E-state index is 14.0. The number of nitrogens with zero attached hydrogens (tertiary/aromatic N) is 3. The molecular formula is C19H19F2N5. The lowest BCUT2D eigenvalue weighted by molar-refractivity contribution is 0.586. The molecule has 0 radical (unpaired) electrons. The predicted molar refractivity (Wildman–Crippen MR) is 98.3 cm³/mol. The van der Waals surface area contributed by atoms with Crippen LogP contribution in [0.3, 0.4) is 0 Å². The van der Waals surface area contributed by atoms with Gasteiger partial charge in [0.1, 0.15) is 17.5 Å². The molecule has 0 unspecified atom stereocenters. The number of halogens is 2. The topological polar surface area (TPSA) is 62.7 Å². The largest absolute Gasteiger partial charge is 0.352 e. The van der Waals surface area contributed by atoms with E-state index in [0.29, 0.717) is 23.2 Å². The number of rotatable bonds is 6.